The van der Waals surface area contributed by atoms with Crippen LogP contribution in [-0.4, -0.2) is 29.3 Å². The summed E-state index contributed by atoms with van der Waals surface area (Å²) in [6, 6.07) is 5.84. The van der Waals surface area contributed by atoms with Crippen molar-refractivity contribution in [3.8, 4) is 11.4 Å². The van der Waals surface area contributed by atoms with Crippen molar-refractivity contribution >= 4 is 28.5 Å². The topological polar surface area (TPSA) is 113 Å². The van der Waals surface area contributed by atoms with Crippen molar-refractivity contribution in [1.29, 1.82) is 0 Å². The van der Waals surface area contributed by atoms with Crippen molar-refractivity contribution in [2.24, 2.45) is 14.1 Å². The maximum absolute atomic E-state index is 12.7. The van der Waals surface area contributed by atoms with Crippen molar-refractivity contribution in [2.45, 2.75) is 30.5 Å². The summed E-state index contributed by atoms with van der Waals surface area (Å²) in [4.78, 5) is 44.5. The van der Waals surface area contributed by atoms with E-state index in [9.17, 15) is 19.7 Å². The first-order valence-electron chi connectivity index (χ1n) is 8.63. The summed E-state index contributed by atoms with van der Waals surface area (Å²) in [6.45, 7) is 4.06. The molecule has 1 atom stereocenters. The first-order chi connectivity index (χ1) is 13.2. The molecule has 2 heterocycles. The van der Waals surface area contributed by atoms with E-state index in [1.165, 1.54) is 35.5 Å². The van der Waals surface area contributed by atoms with Crippen LogP contribution in [-0.2, 0) is 14.1 Å². The van der Waals surface area contributed by atoms with E-state index in [0.29, 0.717) is 21.8 Å². The average Bonchev–Trinajstić information content (AvgIpc) is 2.70. The lowest BCUT2D eigenvalue weighted by Gasteiger charge is -2.14. The van der Waals surface area contributed by atoms with Crippen LogP contribution in [0.3, 0.4) is 0 Å². The molecule has 0 amide bonds. The van der Waals surface area contributed by atoms with Gasteiger partial charge in [0.25, 0.3) is 11.2 Å². The van der Waals surface area contributed by atoms with E-state index in [0.717, 1.165) is 11.0 Å². The monoisotopic (exact) mass is 401 g/mol. The minimum atomic E-state index is -0.483. The second kappa shape index (κ2) is 7.55. The molecule has 2 aromatic heterocycles. The quantitative estimate of drug-likeness (QED) is 0.279. The Bertz CT molecular complexity index is 1180. The van der Waals surface area contributed by atoms with E-state index in [1.807, 2.05) is 13.8 Å². The van der Waals surface area contributed by atoms with Gasteiger partial charge in [-0.15, -0.1) is 11.8 Å². The second-order valence-electron chi connectivity index (χ2n) is 6.40. The minimum Gasteiger partial charge on any atom is -0.280 e. The van der Waals surface area contributed by atoms with E-state index in [2.05, 4.69) is 9.97 Å². The second-order valence-corrected chi connectivity index (χ2v) is 7.82. The molecule has 1 aromatic carbocycles. The Kier molecular flexibility index (Phi) is 5.32. The first kappa shape index (κ1) is 19.7. The third kappa shape index (κ3) is 3.42. The zero-order valence-corrected chi connectivity index (χ0v) is 16.7. The maximum atomic E-state index is 12.7. The first-order valence-corrected chi connectivity index (χ1v) is 9.51. The number of hydrogen-bond donors (Lipinski definition) is 0. The molecule has 0 saturated heterocycles. The Morgan fingerprint density at radius 2 is 1.79 bits per heavy atom. The lowest BCUT2D eigenvalue weighted by molar-refractivity contribution is -0.384. The van der Waals surface area contributed by atoms with Crippen molar-refractivity contribution in [1.82, 2.24) is 19.1 Å². The molecular formula is C18H19N5O4S. The Hall–Kier alpha value is -3.01. The third-order valence-corrected chi connectivity index (χ3v) is 5.75. The fourth-order valence-corrected chi connectivity index (χ4v) is 3.63. The van der Waals surface area contributed by atoms with E-state index < -0.39 is 16.2 Å². The van der Waals surface area contributed by atoms with Gasteiger partial charge >= 0.3 is 5.69 Å². The fraction of sp³-hybridized carbons (Fsp3) is 0.333. The number of nitro benzene ring substituents is 1. The number of fused-ring (bicyclic) bond motifs is 1. The third-order valence-electron chi connectivity index (χ3n) is 4.49. The summed E-state index contributed by atoms with van der Waals surface area (Å²) in [5.41, 5.74) is -0.168. The number of nitro groups is 1. The average molecular weight is 401 g/mol. The molecule has 0 aliphatic heterocycles. The van der Waals surface area contributed by atoms with Gasteiger partial charge in [0.2, 0.25) is 0 Å². The van der Waals surface area contributed by atoms with Gasteiger partial charge in [0.05, 0.1) is 4.92 Å². The number of hydrogen-bond acceptors (Lipinski definition) is 7. The molecule has 0 aliphatic rings. The maximum Gasteiger partial charge on any atom is 0.332 e. The molecule has 0 bridgehead atoms. The Morgan fingerprint density at radius 1 is 1.14 bits per heavy atom. The van der Waals surface area contributed by atoms with Gasteiger partial charge in [-0.05, 0) is 18.6 Å². The number of aryl methyl sites for hydroxylation is 1. The summed E-state index contributed by atoms with van der Waals surface area (Å²) in [5.74, 6) is 0.302. The van der Waals surface area contributed by atoms with E-state index in [-0.39, 0.29) is 16.6 Å². The number of aromatic nitrogens is 4. The summed E-state index contributed by atoms with van der Waals surface area (Å²) < 4.78 is 2.35. The Balaban J connectivity index is 2.32. The van der Waals surface area contributed by atoms with Crippen LogP contribution in [0.5, 0.6) is 0 Å². The van der Waals surface area contributed by atoms with E-state index in [1.54, 1.807) is 19.2 Å². The summed E-state index contributed by atoms with van der Waals surface area (Å²) >= 11 is 1.44. The predicted molar refractivity (Wildman–Crippen MR) is 108 cm³/mol. The highest BCUT2D eigenvalue weighted by Crippen LogP contribution is 2.30. The van der Waals surface area contributed by atoms with Crippen molar-refractivity contribution in [3.05, 3.63) is 55.2 Å². The highest BCUT2D eigenvalue weighted by molar-refractivity contribution is 8.00. The Morgan fingerprint density at radius 3 is 2.36 bits per heavy atom. The lowest BCUT2D eigenvalue weighted by atomic mass is 10.2. The van der Waals surface area contributed by atoms with Gasteiger partial charge in [-0.3, -0.25) is 24.0 Å². The molecule has 3 rings (SSSR count). The van der Waals surface area contributed by atoms with Gasteiger partial charge in [0.1, 0.15) is 10.4 Å². The normalized spacial score (nSPS) is 12.3. The van der Waals surface area contributed by atoms with Gasteiger partial charge in [0, 0.05) is 37.0 Å². The Labute approximate surface area is 164 Å². The molecule has 3 aromatic rings. The van der Waals surface area contributed by atoms with E-state index >= 15 is 0 Å². The van der Waals surface area contributed by atoms with Gasteiger partial charge in [-0.2, -0.15) is 0 Å². The van der Waals surface area contributed by atoms with Crippen LogP contribution < -0.4 is 11.2 Å². The molecule has 0 aliphatic carbocycles. The van der Waals surface area contributed by atoms with Crippen LogP contribution in [0.1, 0.15) is 20.3 Å². The van der Waals surface area contributed by atoms with Crippen molar-refractivity contribution in [2.75, 3.05) is 0 Å². The van der Waals surface area contributed by atoms with Crippen LogP contribution in [0, 0.1) is 10.1 Å². The van der Waals surface area contributed by atoms with Crippen LogP contribution in [0.2, 0.25) is 0 Å². The molecule has 0 spiro atoms. The smallest absolute Gasteiger partial charge is 0.280 e. The summed E-state index contributed by atoms with van der Waals surface area (Å²) in [6.07, 6.45) is 0.870. The molecule has 1 unspecified atom stereocenters. The highest BCUT2D eigenvalue weighted by atomic mass is 32.2. The zero-order chi connectivity index (χ0) is 20.6. The van der Waals surface area contributed by atoms with Gasteiger partial charge < -0.3 is 0 Å². The molecule has 0 fully saturated rings. The summed E-state index contributed by atoms with van der Waals surface area (Å²) in [5, 5.41) is 11.9. The number of benzene rings is 1. The van der Waals surface area contributed by atoms with Crippen LogP contribution >= 0.6 is 11.8 Å². The highest BCUT2D eigenvalue weighted by Gasteiger charge is 2.19. The van der Waals surface area contributed by atoms with Crippen LogP contribution in [0.25, 0.3) is 22.4 Å². The summed E-state index contributed by atoms with van der Waals surface area (Å²) in [7, 11) is 2.97. The number of nitrogens with zero attached hydrogens (tertiary/aromatic N) is 5. The number of rotatable bonds is 5. The standard InChI is InChI=1S/C18H19N5O4S/c1-5-10(2)28-16-13-15(21(3)18(25)22(4)17(13)24)19-14(20-16)11-6-8-12(9-7-11)23(26)27/h6-10H,5H2,1-4H3. The number of thioether (sulfide) groups is 1. The number of non-ortho nitro benzene ring substituents is 1. The van der Waals surface area contributed by atoms with Crippen molar-refractivity contribution < 1.29 is 4.92 Å². The molecule has 9 nitrogen and oxygen atoms in total. The molecular weight excluding hydrogens is 382 g/mol. The predicted octanol–water partition coefficient (Wildman–Crippen LogP) is 2.49. The minimum absolute atomic E-state index is 0.0417. The molecule has 0 N–H and O–H groups in total. The SMILES string of the molecule is CCC(C)Sc1nc(-c2ccc([N+](=O)[O-])cc2)nc2c1c(=O)n(C)c(=O)n2C. The van der Waals surface area contributed by atoms with E-state index in [4.69, 9.17) is 0 Å². The van der Waals surface area contributed by atoms with Crippen LogP contribution in [0.15, 0.2) is 38.9 Å². The molecule has 28 heavy (non-hydrogen) atoms. The molecule has 10 heteroatoms. The molecule has 146 valence electrons. The van der Waals surface area contributed by atoms with Crippen molar-refractivity contribution in [3.63, 3.8) is 0 Å². The van der Waals surface area contributed by atoms with Crippen LogP contribution in [0.4, 0.5) is 5.69 Å². The fourth-order valence-electron chi connectivity index (χ4n) is 2.65. The zero-order valence-electron chi connectivity index (χ0n) is 15.9. The molecule has 0 saturated carbocycles. The van der Waals surface area contributed by atoms with Gasteiger partial charge in [0.15, 0.2) is 11.5 Å². The largest absolute Gasteiger partial charge is 0.332 e. The molecule has 0 radical (unpaired) electrons. The van der Waals surface area contributed by atoms with Gasteiger partial charge in [-0.25, -0.2) is 14.8 Å². The lowest BCUT2D eigenvalue weighted by Crippen LogP contribution is -2.37. The van der Waals surface area contributed by atoms with Gasteiger partial charge in [-0.1, -0.05) is 13.8 Å².